The Labute approximate surface area is 409 Å². The lowest BCUT2D eigenvalue weighted by Gasteiger charge is -2.33. The molecule has 0 atom stereocenters. The molecule has 0 heterocycles. The topological polar surface area (TPSA) is 58.9 Å². The molecule has 0 aromatic heterocycles. The van der Waals surface area contributed by atoms with Gasteiger partial charge in [0, 0.05) is 33.4 Å². The number of ether oxygens (including phenoxy) is 2. The summed E-state index contributed by atoms with van der Waals surface area (Å²) in [6.45, 7) is 22.2. The molecule has 2 saturated carbocycles. The van der Waals surface area contributed by atoms with Crippen molar-refractivity contribution in [3.8, 4) is 45.3 Å². The van der Waals surface area contributed by atoms with Crippen LogP contribution >= 0.6 is 0 Å². The van der Waals surface area contributed by atoms with Crippen molar-refractivity contribution >= 4 is 11.1 Å². The minimum absolute atomic E-state index is 0.295. The minimum Gasteiger partial charge on any atom is -0.507 e. The number of allylic oxidation sites excluding steroid dienone is 10. The highest BCUT2D eigenvalue weighted by Gasteiger charge is 2.31. The lowest BCUT2D eigenvalue weighted by Crippen LogP contribution is -2.35. The van der Waals surface area contributed by atoms with Gasteiger partial charge in [-0.15, -0.1) is 0 Å². The van der Waals surface area contributed by atoms with Crippen molar-refractivity contribution in [2.45, 2.75) is 181 Å². The number of hydrogen-bond acceptors (Lipinski definition) is 4. The van der Waals surface area contributed by atoms with Gasteiger partial charge in [-0.25, -0.2) is 0 Å². The SMILES string of the molecule is C=C1CCCCC/C=C2/CCCC/C2=C/1c1cc(C)cc(-c2ccccc2OC(C)(C)CCC(C)(C)Oc2ccccc2-c2cc(C)cc(/C3=C4\CCCC\C4=C\CCCCCC3=C)c2O)c1O. The molecule has 358 valence electrons. The second kappa shape index (κ2) is 21.4. The molecule has 0 bridgehead atoms. The Balaban J connectivity index is 1.05. The molecule has 8 rings (SSSR count). The van der Waals surface area contributed by atoms with E-state index in [0.29, 0.717) is 24.3 Å². The number of aryl methyl sites for hydroxylation is 2. The maximum atomic E-state index is 12.4. The zero-order valence-electron chi connectivity index (χ0n) is 42.4. The molecule has 4 heteroatoms. The predicted molar refractivity (Wildman–Crippen MR) is 287 cm³/mol. The van der Waals surface area contributed by atoms with Crippen molar-refractivity contribution in [3.63, 3.8) is 0 Å². The van der Waals surface area contributed by atoms with Gasteiger partial charge in [0.05, 0.1) is 0 Å². The molecule has 0 saturated heterocycles. The zero-order chi connectivity index (χ0) is 48.0. The van der Waals surface area contributed by atoms with E-state index in [2.05, 4.69) is 103 Å². The summed E-state index contributed by atoms with van der Waals surface area (Å²) >= 11 is 0. The summed E-state index contributed by atoms with van der Waals surface area (Å²) in [5, 5.41) is 24.8. The van der Waals surface area contributed by atoms with Gasteiger partial charge in [0.25, 0.3) is 0 Å². The van der Waals surface area contributed by atoms with Crippen molar-refractivity contribution in [1.82, 2.24) is 0 Å². The molecule has 2 fully saturated rings. The van der Waals surface area contributed by atoms with Gasteiger partial charge in [-0.2, -0.15) is 0 Å². The molecule has 4 aliphatic carbocycles. The molecule has 2 N–H and O–H groups in total. The normalized spacial score (nSPS) is 21.7. The fourth-order valence-corrected chi connectivity index (χ4v) is 11.3. The Bertz CT molecular complexity index is 2470. The van der Waals surface area contributed by atoms with Crippen molar-refractivity contribution in [2.75, 3.05) is 0 Å². The van der Waals surface area contributed by atoms with Gasteiger partial charge in [0.2, 0.25) is 0 Å². The molecule has 0 radical (unpaired) electrons. The van der Waals surface area contributed by atoms with Gasteiger partial charge in [0.15, 0.2) is 0 Å². The number of phenolic OH excluding ortho intramolecular Hbond substituents is 2. The third-order valence-electron chi connectivity index (χ3n) is 15.0. The number of aromatic hydroxyl groups is 2. The quantitative estimate of drug-likeness (QED) is 0.157. The Morgan fingerprint density at radius 2 is 0.824 bits per heavy atom. The van der Waals surface area contributed by atoms with Crippen LogP contribution in [0, 0.1) is 13.8 Å². The molecular formula is C64H78O4. The fraction of sp³-hybridized carbons (Fsp3) is 0.438. The molecule has 0 amide bonds. The van der Waals surface area contributed by atoms with Crippen LogP contribution in [0.4, 0.5) is 0 Å². The van der Waals surface area contributed by atoms with Gasteiger partial charge in [0.1, 0.15) is 34.2 Å². The average Bonchev–Trinajstić information content (AvgIpc) is 3.31. The molecule has 4 aliphatic rings. The minimum atomic E-state index is -0.571. The van der Waals surface area contributed by atoms with E-state index in [1.165, 1.54) is 60.8 Å². The largest absolute Gasteiger partial charge is 0.507 e. The average molecular weight is 911 g/mol. The van der Waals surface area contributed by atoms with E-state index >= 15 is 0 Å². The zero-order valence-corrected chi connectivity index (χ0v) is 42.4. The molecular weight excluding hydrogens is 833 g/mol. The van der Waals surface area contributed by atoms with E-state index in [9.17, 15) is 10.2 Å². The van der Waals surface area contributed by atoms with Gasteiger partial charge < -0.3 is 19.7 Å². The second-order valence-electron chi connectivity index (χ2n) is 21.6. The van der Waals surface area contributed by atoms with E-state index in [-0.39, 0.29) is 0 Å². The van der Waals surface area contributed by atoms with Crippen LogP contribution in [0.1, 0.15) is 178 Å². The first-order chi connectivity index (χ1) is 32.7. The standard InChI is InChI=1S/C64H78O4/c1-43-39-53(61(65)55(41-43)59-45(3)25-13-9-11-15-27-47-29-17-19-31-49(47)59)51-33-21-23-35-57(51)67-63(5,6)37-38-64(7,8)68-58-36-24-22-34-52(58)54-40-44(2)42-56(62(54)66)60-46(4)26-14-10-12-16-28-48-30-18-20-32-50(48)60/h21-24,27-28,33-36,39-42,65-66H,3-4,9-20,25-26,29-32,37-38H2,1-2,5-8H3/b47-27-,48-28-,59-49+,60-50+. The van der Waals surface area contributed by atoms with Crippen LogP contribution in [-0.4, -0.2) is 21.4 Å². The molecule has 68 heavy (non-hydrogen) atoms. The van der Waals surface area contributed by atoms with Crippen LogP contribution in [0.5, 0.6) is 23.0 Å². The fourth-order valence-electron chi connectivity index (χ4n) is 11.3. The number of rotatable bonds is 11. The summed E-state index contributed by atoms with van der Waals surface area (Å²) in [5.41, 5.74) is 16.4. The number of fused-ring (bicyclic) bond motifs is 2. The molecule has 0 aliphatic heterocycles. The van der Waals surface area contributed by atoms with Crippen LogP contribution in [0.15, 0.2) is 132 Å². The second-order valence-corrected chi connectivity index (χ2v) is 21.6. The van der Waals surface area contributed by atoms with E-state index in [1.807, 2.05) is 36.4 Å². The van der Waals surface area contributed by atoms with Crippen molar-refractivity contribution in [3.05, 3.63) is 154 Å². The smallest absolute Gasteiger partial charge is 0.131 e. The lowest BCUT2D eigenvalue weighted by molar-refractivity contribution is 0.0457. The van der Waals surface area contributed by atoms with Crippen LogP contribution < -0.4 is 9.47 Å². The van der Waals surface area contributed by atoms with Gasteiger partial charge in [-0.3, -0.25) is 0 Å². The molecule has 0 unspecified atom stereocenters. The predicted octanol–water partition coefficient (Wildman–Crippen LogP) is 18.4. The van der Waals surface area contributed by atoms with Gasteiger partial charge >= 0.3 is 0 Å². The van der Waals surface area contributed by atoms with Crippen molar-refractivity contribution in [1.29, 1.82) is 0 Å². The first-order valence-electron chi connectivity index (χ1n) is 26.2. The summed E-state index contributed by atoms with van der Waals surface area (Å²) in [6.07, 6.45) is 26.5. The summed E-state index contributed by atoms with van der Waals surface area (Å²) in [5.74, 6) is 2.07. The Hall–Kier alpha value is -5.48. The highest BCUT2D eigenvalue weighted by Crippen LogP contribution is 2.50. The maximum Gasteiger partial charge on any atom is 0.131 e. The van der Waals surface area contributed by atoms with Crippen molar-refractivity contribution in [2.24, 2.45) is 0 Å². The molecule has 4 nitrogen and oxygen atoms in total. The van der Waals surface area contributed by atoms with Crippen LogP contribution in [0.3, 0.4) is 0 Å². The third-order valence-corrected chi connectivity index (χ3v) is 15.0. The Morgan fingerprint density at radius 1 is 0.456 bits per heavy atom. The number of benzene rings is 4. The summed E-state index contributed by atoms with van der Waals surface area (Å²) in [4.78, 5) is 0. The summed E-state index contributed by atoms with van der Waals surface area (Å²) in [6, 6.07) is 24.8. The van der Waals surface area contributed by atoms with Crippen LogP contribution in [0.25, 0.3) is 33.4 Å². The van der Waals surface area contributed by atoms with E-state index in [1.54, 1.807) is 0 Å². The van der Waals surface area contributed by atoms with Gasteiger partial charge in [-0.1, -0.05) is 74.5 Å². The maximum absolute atomic E-state index is 12.4. The van der Waals surface area contributed by atoms with E-state index in [4.69, 9.17) is 9.47 Å². The summed E-state index contributed by atoms with van der Waals surface area (Å²) < 4.78 is 14.0. The highest BCUT2D eigenvalue weighted by atomic mass is 16.5. The van der Waals surface area contributed by atoms with Crippen LogP contribution in [-0.2, 0) is 0 Å². The molecule has 4 aromatic carbocycles. The monoisotopic (exact) mass is 911 g/mol. The van der Waals surface area contributed by atoms with E-state index in [0.717, 1.165) is 155 Å². The number of phenols is 2. The lowest BCUT2D eigenvalue weighted by atomic mass is 9.79. The molecule has 4 aromatic rings. The highest BCUT2D eigenvalue weighted by molar-refractivity contribution is 5.92. The Morgan fingerprint density at radius 3 is 1.25 bits per heavy atom. The number of hydrogen-bond donors (Lipinski definition) is 2. The summed E-state index contributed by atoms with van der Waals surface area (Å²) in [7, 11) is 0. The van der Waals surface area contributed by atoms with Crippen LogP contribution in [0.2, 0.25) is 0 Å². The first-order valence-corrected chi connectivity index (χ1v) is 26.2. The number of para-hydroxylation sites is 2. The van der Waals surface area contributed by atoms with Gasteiger partial charge in [-0.05, 0) is 249 Å². The van der Waals surface area contributed by atoms with Crippen molar-refractivity contribution < 1.29 is 19.7 Å². The third kappa shape index (κ3) is 11.3. The molecule has 0 spiro atoms. The first kappa shape index (κ1) is 49.0. The van der Waals surface area contributed by atoms with E-state index < -0.39 is 11.2 Å². The Kier molecular flexibility index (Phi) is 15.4.